The van der Waals surface area contributed by atoms with Gasteiger partial charge < -0.3 is 14.8 Å². The van der Waals surface area contributed by atoms with Crippen LogP contribution in [0.3, 0.4) is 0 Å². The second-order valence-corrected chi connectivity index (χ2v) is 7.91. The first-order valence-electron chi connectivity index (χ1n) is 10.8. The van der Waals surface area contributed by atoms with Crippen LogP contribution in [-0.2, 0) is 4.79 Å². The molecule has 5 aromatic heterocycles. The number of rotatable bonds is 4. The number of fused-ring (bicyclic) bond motifs is 2. The largest absolute Gasteiger partial charge is 0.357 e. The van der Waals surface area contributed by atoms with E-state index in [1.165, 1.54) is 28.3 Å². The summed E-state index contributed by atoms with van der Waals surface area (Å²) in [6.45, 7) is 1.57. The highest BCUT2D eigenvalue weighted by Crippen LogP contribution is 2.27. The van der Waals surface area contributed by atoms with Gasteiger partial charge in [-0.25, -0.2) is 29.0 Å². The average molecular weight is 472 g/mol. The summed E-state index contributed by atoms with van der Waals surface area (Å²) in [5.74, 6) is -1.21. The molecule has 0 aliphatic carbocycles. The van der Waals surface area contributed by atoms with E-state index < -0.39 is 17.5 Å². The van der Waals surface area contributed by atoms with E-state index >= 15 is 0 Å². The Hall–Kier alpha value is -4.81. The lowest BCUT2D eigenvalue weighted by Gasteiger charge is -2.35. The van der Waals surface area contributed by atoms with Gasteiger partial charge in [0.25, 0.3) is 11.7 Å². The van der Waals surface area contributed by atoms with Gasteiger partial charge in [-0.2, -0.15) is 0 Å². The molecule has 1 N–H and O–H groups in total. The molecule has 5 aromatic rings. The molecule has 1 aliphatic rings. The lowest BCUT2D eigenvalue weighted by atomic mass is 10.1. The molecule has 35 heavy (non-hydrogen) atoms. The molecule has 1 fully saturated rings. The standard InChI is InChI=1S/C22H17FN10O2/c23-15-11-26-21(33-5-4-29-30-33)17-16(15)14(10-25-17)18(34)22(35)32-8-6-31(7-9-32)20-13-2-1-3-24-19(13)27-12-28-20/h1-5,10-12,25H,6-9H2. The van der Waals surface area contributed by atoms with Gasteiger partial charge >= 0.3 is 0 Å². The number of piperazine rings is 1. The van der Waals surface area contributed by atoms with Crippen LogP contribution in [0.2, 0.25) is 0 Å². The number of amides is 1. The van der Waals surface area contributed by atoms with Crippen molar-refractivity contribution in [3.05, 3.63) is 60.8 Å². The van der Waals surface area contributed by atoms with E-state index in [4.69, 9.17) is 0 Å². The van der Waals surface area contributed by atoms with Crippen molar-refractivity contribution < 1.29 is 14.0 Å². The molecule has 0 atom stereocenters. The molecular weight excluding hydrogens is 455 g/mol. The molecule has 6 rings (SSSR count). The van der Waals surface area contributed by atoms with Gasteiger partial charge in [-0.1, -0.05) is 5.21 Å². The van der Waals surface area contributed by atoms with Gasteiger partial charge in [0.15, 0.2) is 17.3 Å². The van der Waals surface area contributed by atoms with Gasteiger partial charge in [-0.15, -0.1) is 5.10 Å². The summed E-state index contributed by atoms with van der Waals surface area (Å²) in [5, 5.41) is 8.39. The van der Waals surface area contributed by atoms with E-state index in [1.807, 2.05) is 17.0 Å². The number of pyridine rings is 2. The lowest BCUT2D eigenvalue weighted by Crippen LogP contribution is -2.51. The maximum absolute atomic E-state index is 14.7. The number of aromatic amines is 1. The predicted octanol–water partition coefficient (Wildman–Crippen LogP) is 1.15. The van der Waals surface area contributed by atoms with E-state index in [0.717, 1.165) is 17.4 Å². The van der Waals surface area contributed by atoms with Gasteiger partial charge in [-0.05, 0) is 12.1 Å². The number of halogens is 1. The molecule has 12 nitrogen and oxygen atoms in total. The molecule has 0 unspecified atom stereocenters. The number of H-pyrrole nitrogens is 1. The Kier molecular flexibility index (Phi) is 4.87. The summed E-state index contributed by atoms with van der Waals surface area (Å²) in [6.07, 6.45) is 8.44. The molecule has 0 radical (unpaired) electrons. The molecule has 13 heteroatoms. The topological polar surface area (TPSA) is 139 Å². The molecule has 0 saturated carbocycles. The fourth-order valence-electron chi connectivity index (χ4n) is 4.28. The van der Waals surface area contributed by atoms with Crippen molar-refractivity contribution >= 4 is 39.4 Å². The minimum Gasteiger partial charge on any atom is -0.357 e. The SMILES string of the molecule is O=C(C(=O)N1CCN(c2ncnc3ncccc23)CC1)c1c[nH]c2c(-n3ccnn3)ncc(F)c12. The van der Waals surface area contributed by atoms with E-state index in [0.29, 0.717) is 31.8 Å². The van der Waals surface area contributed by atoms with E-state index in [-0.39, 0.29) is 22.3 Å². The maximum Gasteiger partial charge on any atom is 0.295 e. The Balaban J connectivity index is 1.23. The van der Waals surface area contributed by atoms with Crippen LogP contribution in [0.15, 0.2) is 49.4 Å². The van der Waals surface area contributed by atoms with E-state index in [9.17, 15) is 14.0 Å². The maximum atomic E-state index is 14.7. The third-order valence-corrected chi connectivity index (χ3v) is 5.98. The van der Waals surface area contributed by atoms with Crippen LogP contribution in [0.4, 0.5) is 10.2 Å². The first-order chi connectivity index (χ1) is 17.1. The average Bonchev–Trinajstić information content (AvgIpc) is 3.59. The lowest BCUT2D eigenvalue weighted by molar-refractivity contribution is -0.126. The Morgan fingerprint density at radius 1 is 1.00 bits per heavy atom. The van der Waals surface area contributed by atoms with Crippen LogP contribution in [-0.4, -0.2) is 82.7 Å². The number of ketones is 1. The third-order valence-electron chi connectivity index (χ3n) is 5.98. The van der Waals surface area contributed by atoms with Crippen molar-refractivity contribution in [1.82, 2.24) is 44.8 Å². The Morgan fingerprint density at radius 3 is 2.66 bits per heavy atom. The highest BCUT2D eigenvalue weighted by Gasteiger charge is 2.30. The Bertz CT molecular complexity index is 1570. The second-order valence-electron chi connectivity index (χ2n) is 7.91. The Labute approximate surface area is 196 Å². The van der Waals surface area contributed by atoms with Crippen molar-refractivity contribution in [2.45, 2.75) is 0 Å². The van der Waals surface area contributed by atoms with Gasteiger partial charge in [0, 0.05) is 38.6 Å². The van der Waals surface area contributed by atoms with Crippen molar-refractivity contribution in [2.75, 3.05) is 31.1 Å². The minimum atomic E-state index is -0.795. The zero-order chi connectivity index (χ0) is 23.9. The summed E-state index contributed by atoms with van der Waals surface area (Å²) in [6, 6.07) is 3.71. The third kappa shape index (κ3) is 3.44. The first kappa shape index (κ1) is 20.8. The van der Waals surface area contributed by atoms with Crippen molar-refractivity contribution in [3.63, 3.8) is 0 Å². The number of anilines is 1. The molecule has 1 amide bonds. The molecule has 1 aliphatic heterocycles. The predicted molar refractivity (Wildman–Crippen MR) is 121 cm³/mol. The first-order valence-corrected chi connectivity index (χ1v) is 10.8. The molecule has 0 aromatic carbocycles. The van der Waals surface area contributed by atoms with Crippen molar-refractivity contribution in [3.8, 4) is 5.82 Å². The van der Waals surface area contributed by atoms with E-state index in [2.05, 4.69) is 35.2 Å². The van der Waals surface area contributed by atoms with Crippen LogP contribution in [0.1, 0.15) is 10.4 Å². The number of hydrogen-bond acceptors (Lipinski definition) is 9. The normalized spacial score (nSPS) is 14.1. The highest BCUT2D eigenvalue weighted by molar-refractivity contribution is 6.45. The highest BCUT2D eigenvalue weighted by atomic mass is 19.1. The van der Waals surface area contributed by atoms with E-state index in [1.54, 1.807) is 12.4 Å². The zero-order valence-corrected chi connectivity index (χ0v) is 18.2. The van der Waals surface area contributed by atoms with Gasteiger partial charge in [0.2, 0.25) is 0 Å². The molecular formula is C22H17FN10O2. The number of Topliss-reactive ketones (excluding diaryl/α,β-unsaturated/α-hetero) is 1. The summed E-state index contributed by atoms with van der Waals surface area (Å²) >= 11 is 0. The monoisotopic (exact) mass is 472 g/mol. The van der Waals surface area contributed by atoms with Crippen LogP contribution in [0.5, 0.6) is 0 Å². The number of aromatic nitrogens is 8. The summed E-state index contributed by atoms with van der Waals surface area (Å²) in [4.78, 5) is 49.4. The van der Waals surface area contributed by atoms with Crippen molar-refractivity contribution in [2.24, 2.45) is 0 Å². The summed E-state index contributed by atoms with van der Waals surface area (Å²) in [5.41, 5.74) is 0.787. The summed E-state index contributed by atoms with van der Waals surface area (Å²) in [7, 11) is 0. The zero-order valence-electron chi connectivity index (χ0n) is 18.2. The second kappa shape index (κ2) is 8.20. The smallest absolute Gasteiger partial charge is 0.295 e. The minimum absolute atomic E-state index is 0.0116. The van der Waals surface area contributed by atoms with Crippen LogP contribution >= 0.6 is 0 Å². The van der Waals surface area contributed by atoms with Crippen LogP contribution in [0, 0.1) is 5.82 Å². The van der Waals surface area contributed by atoms with Gasteiger partial charge in [-0.3, -0.25) is 9.59 Å². The molecule has 174 valence electrons. The van der Waals surface area contributed by atoms with Crippen LogP contribution in [0.25, 0.3) is 27.8 Å². The molecule has 6 heterocycles. The number of nitrogens with one attached hydrogen (secondary N) is 1. The van der Waals surface area contributed by atoms with Crippen molar-refractivity contribution in [1.29, 1.82) is 0 Å². The summed E-state index contributed by atoms with van der Waals surface area (Å²) < 4.78 is 16.1. The van der Waals surface area contributed by atoms with Crippen LogP contribution < -0.4 is 4.90 Å². The molecule has 0 bridgehead atoms. The molecule has 0 spiro atoms. The van der Waals surface area contributed by atoms with Gasteiger partial charge in [0.05, 0.1) is 40.4 Å². The van der Waals surface area contributed by atoms with Gasteiger partial charge in [0.1, 0.15) is 12.1 Å². The number of carbonyl (C=O) groups excluding carboxylic acids is 2. The number of carbonyl (C=O) groups is 2. The Morgan fingerprint density at radius 2 is 1.86 bits per heavy atom. The molecule has 1 saturated heterocycles. The fourth-order valence-corrected chi connectivity index (χ4v) is 4.28. The number of nitrogens with zero attached hydrogens (tertiary/aromatic N) is 9. The number of hydrogen-bond donors (Lipinski definition) is 1. The fraction of sp³-hybridized carbons (Fsp3) is 0.182. The quantitative estimate of drug-likeness (QED) is 0.301.